The van der Waals surface area contributed by atoms with E-state index in [1.165, 1.54) is 13.2 Å². The van der Waals surface area contributed by atoms with Crippen LogP contribution in [0, 0.1) is 15.9 Å². The van der Waals surface area contributed by atoms with Crippen molar-refractivity contribution in [3.05, 3.63) is 44.1 Å². The molecule has 22 heavy (non-hydrogen) atoms. The van der Waals surface area contributed by atoms with Gasteiger partial charge in [-0.25, -0.2) is 9.37 Å². The summed E-state index contributed by atoms with van der Waals surface area (Å²) >= 11 is 1.60. The van der Waals surface area contributed by atoms with Gasteiger partial charge in [0.2, 0.25) is 0 Å². The van der Waals surface area contributed by atoms with Crippen LogP contribution in [0.4, 0.5) is 15.8 Å². The van der Waals surface area contributed by atoms with Gasteiger partial charge in [0, 0.05) is 24.4 Å². The van der Waals surface area contributed by atoms with Crippen molar-refractivity contribution >= 4 is 22.7 Å². The van der Waals surface area contributed by atoms with E-state index >= 15 is 0 Å². The maximum Gasteiger partial charge on any atom is 0.295 e. The molecule has 1 aromatic carbocycles. The zero-order chi connectivity index (χ0) is 16.1. The van der Waals surface area contributed by atoms with Gasteiger partial charge in [0.05, 0.1) is 28.8 Å². The summed E-state index contributed by atoms with van der Waals surface area (Å²) in [5, 5.41) is 17.0. The number of thiazole rings is 1. The van der Waals surface area contributed by atoms with Crippen LogP contribution in [0.25, 0.3) is 0 Å². The molecule has 1 aromatic heterocycles. The van der Waals surface area contributed by atoms with Crippen molar-refractivity contribution in [1.29, 1.82) is 0 Å². The lowest BCUT2D eigenvalue weighted by Crippen LogP contribution is -2.08. The molecule has 118 valence electrons. The second-order valence-electron chi connectivity index (χ2n) is 4.52. The topological polar surface area (TPSA) is 77.3 Å². The minimum atomic E-state index is -0.758. The van der Waals surface area contributed by atoms with Gasteiger partial charge >= 0.3 is 0 Å². The van der Waals surface area contributed by atoms with E-state index in [1.54, 1.807) is 11.3 Å². The van der Waals surface area contributed by atoms with Crippen LogP contribution in [0.15, 0.2) is 17.5 Å². The standard InChI is InChI=1S/C14H16FN3O3S/c1-3-14-17-9(8-22-14)4-5-16-11-7-13(21-2)10(15)6-12(11)18(19)20/h6-8,16H,3-5H2,1-2H3. The number of aromatic nitrogens is 1. The molecule has 0 bridgehead atoms. The van der Waals surface area contributed by atoms with Crippen LogP contribution in [-0.2, 0) is 12.8 Å². The van der Waals surface area contributed by atoms with E-state index in [0.717, 1.165) is 23.2 Å². The highest BCUT2D eigenvalue weighted by molar-refractivity contribution is 7.09. The van der Waals surface area contributed by atoms with Gasteiger partial charge in [-0.05, 0) is 6.42 Å². The van der Waals surface area contributed by atoms with Gasteiger partial charge in [0.25, 0.3) is 5.69 Å². The molecule has 1 N–H and O–H groups in total. The summed E-state index contributed by atoms with van der Waals surface area (Å²) in [5.74, 6) is -0.790. The number of anilines is 1. The van der Waals surface area contributed by atoms with Gasteiger partial charge in [0.15, 0.2) is 11.6 Å². The van der Waals surface area contributed by atoms with Gasteiger partial charge in [-0.1, -0.05) is 6.92 Å². The molecule has 8 heteroatoms. The molecule has 0 fully saturated rings. The third kappa shape index (κ3) is 3.70. The quantitative estimate of drug-likeness (QED) is 0.623. The summed E-state index contributed by atoms with van der Waals surface area (Å²) in [5.41, 5.74) is 0.853. The molecule has 0 saturated heterocycles. The van der Waals surface area contributed by atoms with E-state index < -0.39 is 10.7 Å². The Balaban J connectivity index is 2.09. The predicted molar refractivity (Wildman–Crippen MR) is 83.3 cm³/mol. The van der Waals surface area contributed by atoms with Crippen LogP contribution in [0.2, 0.25) is 0 Å². The number of nitro benzene ring substituents is 1. The van der Waals surface area contributed by atoms with E-state index in [-0.39, 0.29) is 17.1 Å². The smallest absolute Gasteiger partial charge is 0.295 e. The van der Waals surface area contributed by atoms with Crippen LogP contribution in [0.1, 0.15) is 17.6 Å². The highest BCUT2D eigenvalue weighted by atomic mass is 32.1. The summed E-state index contributed by atoms with van der Waals surface area (Å²) in [6, 6.07) is 2.16. The number of rotatable bonds is 7. The fraction of sp³-hybridized carbons (Fsp3) is 0.357. The number of nitrogens with zero attached hydrogens (tertiary/aromatic N) is 2. The zero-order valence-electron chi connectivity index (χ0n) is 12.3. The lowest BCUT2D eigenvalue weighted by atomic mass is 10.2. The van der Waals surface area contributed by atoms with Crippen molar-refractivity contribution in [1.82, 2.24) is 4.98 Å². The predicted octanol–water partition coefficient (Wildman–Crippen LogP) is 3.42. The molecule has 0 saturated carbocycles. The Bertz CT molecular complexity index is 675. The van der Waals surface area contributed by atoms with E-state index in [1.807, 2.05) is 12.3 Å². The Hall–Kier alpha value is -2.22. The van der Waals surface area contributed by atoms with Crippen LogP contribution in [0.3, 0.4) is 0 Å². The SMILES string of the molecule is CCc1nc(CCNc2cc(OC)c(F)cc2[N+](=O)[O-])cs1. The molecule has 0 unspecified atom stereocenters. The fourth-order valence-corrected chi connectivity index (χ4v) is 2.72. The first-order chi connectivity index (χ1) is 10.5. The third-order valence-corrected chi connectivity index (χ3v) is 4.11. The second-order valence-corrected chi connectivity index (χ2v) is 5.47. The number of aryl methyl sites for hydroxylation is 1. The lowest BCUT2D eigenvalue weighted by Gasteiger charge is -2.09. The monoisotopic (exact) mass is 325 g/mol. The molecule has 6 nitrogen and oxygen atoms in total. The van der Waals surface area contributed by atoms with Crippen molar-refractivity contribution < 1.29 is 14.1 Å². The number of halogens is 1. The largest absolute Gasteiger partial charge is 0.494 e. The Morgan fingerprint density at radius 3 is 2.86 bits per heavy atom. The van der Waals surface area contributed by atoms with Gasteiger partial charge in [-0.3, -0.25) is 10.1 Å². The number of ether oxygens (including phenoxy) is 1. The van der Waals surface area contributed by atoms with Crippen LogP contribution in [0.5, 0.6) is 5.75 Å². The van der Waals surface area contributed by atoms with Gasteiger partial charge in [0.1, 0.15) is 5.69 Å². The number of benzene rings is 1. The molecule has 0 spiro atoms. The van der Waals surface area contributed by atoms with E-state index in [9.17, 15) is 14.5 Å². The molecular formula is C14H16FN3O3S. The Morgan fingerprint density at radius 1 is 1.50 bits per heavy atom. The molecular weight excluding hydrogens is 309 g/mol. The molecule has 0 amide bonds. The maximum absolute atomic E-state index is 13.6. The Morgan fingerprint density at radius 2 is 2.27 bits per heavy atom. The average Bonchev–Trinajstić information content (AvgIpc) is 2.96. The van der Waals surface area contributed by atoms with Crippen LogP contribution >= 0.6 is 11.3 Å². The van der Waals surface area contributed by atoms with Gasteiger partial charge in [-0.15, -0.1) is 11.3 Å². The first kappa shape index (κ1) is 16.2. The molecule has 1 heterocycles. The summed E-state index contributed by atoms with van der Waals surface area (Å²) in [4.78, 5) is 14.8. The minimum absolute atomic E-state index is 0.0324. The summed E-state index contributed by atoms with van der Waals surface area (Å²) in [6.07, 6.45) is 1.52. The molecule has 0 aliphatic carbocycles. The maximum atomic E-state index is 13.6. The summed E-state index contributed by atoms with van der Waals surface area (Å²) in [7, 11) is 1.32. The number of hydrogen-bond donors (Lipinski definition) is 1. The van der Waals surface area contributed by atoms with E-state index in [4.69, 9.17) is 4.74 Å². The average molecular weight is 325 g/mol. The van der Waals surface area contributed by atoms with Crippen molar-refractivity contribution in [3.63, 3.8) is 0 Å². The second kappa shape index (κ2) is 7.17. The molecule has 0 radical (unpaired) electrons. The van der Waals surface area contributed by atoms with E-state index in [2.05, 4.69) is 10.3 Å². The number of hydrogen-bond acceptors (Lipinski definition) is 6. The van der Waals surface area contributed by atoms with Gasteiger partial charge in [-0.2, -0.15) is 0 Å². The normalized spacial score (nSPS) is 10.5. The minimum Gasteiger partial charge on any atom is -0.494 e. The fourth-order valence-electron chi connectivity index (χ4n) is 1.94. The molecule has 0 atom stereocenters. The molecule has 2 aromatic rings. The number of methoxy groups -OCH3 is 1. The highest BCUT2D eigenvalue weighted by Gasteiger charge is 2.18. The highest BCUT2D eigenvalue weighted by Crippen LogP contribution is 2.31. The van der Waals surface area contributed by atoms with Crippen molar-refractivity contribution in [2.45, 2.75) is 19.8 Å². The third-order valence-electron chi connectivity index (χ3n) is 3.07. The van der Waals surface area contributed by atoms with Crippen molar-refractivity contribution in [2.75, 3.05) is 19.0 Å². The Labute approximate surface area is 131 Å². The first-order valence-electron chi connectivity index (χ1n) is 6.74. The number of nitro groups is 1. The summed E-state index contributed by atoms with van der Waals surface area (Å²) < 4.78 is 18.4. The summed E-state index contributed by atoms with van der Waals surface area (Å²) in [6.45, 7) is 2.50. The molecule has 2 rings (SSSR count). The van der Waals surface area contributed by atoms with Crippen LogP contribution < -0.4 is 10.1 Å². The molecule has 0 aliphatic heterocycles. The first-order valence-corrected chi connectivity index (χ1v) is 7.62. The Kier molecular flexibility index (Phi) is 5.26. The zero-order valence-corrected chi connectivity index (χ0v) is 13.1. The lowest BCUT2D eigenvalue weighted by molar-refractivity contribution is -0.384. The van der Waals surface area contributed by atoms with Crippen molar-refractivity contribution in [3.8, 4) is 5.75 Å². The van der Waals surface area contributed by atoms with Gasteiger partial charge < -0.3 is 10.1 Å². The number of nitrogens with one attached hydrogen (secondary N) is 1. The van der Waals surface area contributed by atoms with Crippen molar-refractivity contribution in [2.24, 2.45) is 0 Å². The van der Waals surface area contributed by atoms with E-state index in [0.29, 0.717) is 13.0 Å². The molecule has 0 aliphatic rings. The van der Waals surface area contributed by atoms with Crippen LogP contribution in [-0.4, -0.2) is 23.6 Å².